The van der Waals surface area contributed by atoms with Gasteiger partial charge in [-0.2, -0.15) is 4.57 Å². The van der Waals surface area contributed by atoms with Crippen molar-refractivity contribution in [3.05, 3.63) is 63.7 Å². The highest BCUT2D eigenvalue weighted by Crippen LogP contribution is 2.40. The Labute approximate surface area is 206 Å². The maximum atomic E-state index is 11.1. The zero-order valence-corrected chi connectivity index (χ0v) is 20.9. The van der Waals surface area contributed by atoms with Crippen molar-refractivity contribution >= 4 is 45.5 Å². The molecule has 0 N–H and O–H groups in total. The van der Waals surface area contributed by atoms with E-state index in [-0.39, 0.29) is 34.6 Å². The van der Waals surface area contributed by atoms with Gasteiger partial charge in [-0.15, -0.1) is 0 Å². The summed E-state index contributed by atoms with van der Waals surface area (Å²) in [5, 5.41) is 14.1. The lowest BCUT2D eigenvalue weighted by Gasteiger charge is -2.21. The second kappa shape index (κ2) is 10.3. The quantitative estimate of drug-likeness (QED) is 0.155. The molecular weight excluding hydrogens is 553 g/mol. The van der Waals surface area contributed by atoms with E-state index >= 15 is 0 Å². The van der Waals surface area contributed by atoms with Crippen LogP contribution in [0.2, 0.25) is 5.02 Å². The van der Waals surface area contributed by atoms with Crippen molar-refractivity contribution in [3.8, 4) is 16.1 Å². The highest BCUT2D eigenvalue weighted by molar-refractivity contribution is 7.98. The average molecular weight is 574 g/mol. The van der Waals surface area contributed by atoms with Crippen LogP contribution in [-0.4, -0.2) is 24.3 Å². The molecule has 5 nitrogen and oxygen atoms in total. The molecule has 0 spiro atoms. The number of aromatic nitrogens is 1. The first-order chi connectivity index (χ1) is 14.1. The minimum Gasteiger partial charge on any atom is -1.00 e. The van der Waals surface area contributed by atoms with Gasteiger partial charge in [0.1, 0.15) is 5.69 Å². The molecular formula is C21H21ClIN3O2S2. The number of anilines is 1. The summed E-state index contributed by atoms with van der Waals surface area (Å²) in [6, 6.07) is 14.8. The smallest absolute Gasteiger partial charge is 0.342 e. The van der Waals surface area contributed by atoms with Gasteiger partial charge < -0.3 is 24.0 Å². The summed E-state index contributed by atoms with van der Waals surface area (Å²) in [4.78, 5) is 14.3. The van der Waals surface area contributed by atoms with Gasteiger partial charge in [0.2, 0.25) is 0 Å². The number of thioether (sulfide) groups is 1. The van der Waals surface area contributed by atoms with Gasteiger partial charge in [-0.1, -0.05) is 35.5 Å². The molecule has 1 aliphatic heterocycles. The summed E-state index contributed by atoms with van der Waals surface area (Å²) in [6.07, 6.45) is 5.70. The number of halogens is 2. The van der Waals surface area contributed by atoms with E-state index in [2.05, 4.69) is 15.7 Å². The van der Waals surface area contributed by atoms with Crippen LogP contribution in [-0.2, 0) is 0 Å². The third kappa shape index (κ3) is 4.76. The summed E-state index contributed by atoms with van der Waals surface area (Å²) in [5.41, 5.74) is 2.17. The summed E-state index contributed by atoms with van der Waals surface area (Å²) in [7, 11) is 0. The number of rotatable bonds is 5. The fourth-order valence-electron chi connectivity index (χ4n) is 3.58. The lowest BCUT2D eigenvalue weighted by Crippen LogP contribution is -3.00. The molecule has 2 aromatic carbocycles. The number of benzene rings is 2. The molecule has 3 aromatic rings. The van der Waals surface area contributed by atoms with Crippen LogP contribution < -0.4 is 33.4 Å². The fourth-order valence-corrected chi connectivity index (χ4v) is 6.03. The predicted octanol–water partition coefficient (Wildman–Crippen LogP) is 2.97. The van der Waals surface area contributed by atoms with Crippen molar-refractivity contribution in [2.24, 2.45) is 0 Å². The Bertz CT molecular complexity index is 1020. The summed E-state index contributed by atoms with van der Waals surface area (Å²) < 4.78 is 2.24. The van der Waals surface area contributed by atoms with E-state index in [1.54, 1.807) is 35.2 Å². The first kappa shape index (κ1) is 23.3. The monoisotopic (exact) mass is 573 g/mol. The molecule has 0 bridgehead atoms. The minimum absolute atomic E-state index is 0. The zero-order valence-electron chi connectivity index (χ0n) is 16.4. The molecule has 0 atom stereocenters. The lowest BCUT2D eigenvalue weighted by atomic mass is 10.1. The van der Waals surface area contributed by atoms with Crippen LogP contribution in [0.5, 0.6) is 0 Å². The number of hydrogen-bond acceptors (Lipinski definition) is 5. The molecule has 1 aliphatic rings. The molecule has 1 aromatic heterocycles. The minimum atomic E-state index is -0.359. The van der Waals surface area contributed by atoms with E-state index in [4.69, 9.17) is 11.6 Å². The van der Waals surface area contributed by atoms with Gasteiger partial charge in [-0.25, -0.2) is 0 Å². The van der Waals surface area contributed by atoms with Crippen molar-refractivity contribution in [1.29, 1.82) is 0 Å². The number of nitro groups is 1. The Balaban J connectivity index is 0.00000256. The molecule has 1 fully saturated rings. The zero-order chi connectivity index (χ0) is 20.4. The average Bonchev–Trinajstić information content (AvgIpc) is 3.14. The Hall–Kier alpha value is -1.36. The van der Waals surface area contributed by atoms with Crippen LogP contribution in [0.25, 0.3) is 16.1 Å². The number of thiazole rings is 1. The summed E-state index contributed by atoms with van der Waals surface area (Å²) >= 11 is 9.56. The van der Waals surface area contributed by atoms with Crippen LogP contribution in [0, 0.1) is 10.1 Å². The van der Waals surface area contributed by atoms with Gasteiger partial charge in [0.05, 0.1) is 22.9 Å². The van der Waals surface area contributed by atoms with Crippen molar-refractivity contribution in [2.45, 2.75) is 24.3 Å². The third-order valence-corrected chi connectivity index (χ3v) is 7.44. The van der Waals surface area contributed by atoms with Crippen LogP contribution >= 0.6 is 34.7 Å². The SMILES string of the molecule is CSc1c(-c2ccc(Cl)cc2)sc(N2CCCCC2)[n+]1-c1ccc([N+](=O)[O-])cc1.[I-]. The van der Waals surface area contributed by atoms with Crippen LogP contribution in [0.1, 0.15) is 19.3 Å². The van der Waals surface area contributed by atoms with E-state index in [1.807, 2.05) is 36.4 Å². The molecule has 4 rings (SSSR count). The van der Waals surface area contributed by atoms with E-state index in [0.717, 1.165) is 34.4 Å². The van der Waals surface area contributed by atoms with Crippen molar-refractivity contribution in [2.75, 3.05) is 24.2 Å². The maximum Gasteiger partial charge on any atom is 0.342 e. The second-order valence-electron chi connectivity index (χ2n) is 6.89. The predicted molar refractivity (Wildman–Crippen MR) is 121 cm³/mol. The number of nitrogens with zero attached hydrogens (tertiary/aromatic N) is 3. The Morgan fingerprint density at radius 1 is 1.07 bits per heavy atom. The molecule has 2 heterocycles. The lowest BCUT2D eigenvalue weighted by molar-refractivity contribution is -0.617. The first-order valence-corrected chi connectivity index (χ1v) is 11.9. The Morgan fingerprint density at radius 2 is 1.70 bits per heavy atom. The first-order valence-electron chi connectivity index (χ1n) is 9.47. The van der Waals surface area contributed by atoms with Gasteiger partial charge in [0.15, 0.2) is 5.03 Å². The molecule has 0 radical (unpaired) electrons. The number of non-ortho nitro benzene ring substituents is 1. The van der Waals surface area contributed by atoms with E-state index in [1.165, 1.54) is 29.3 Å². The number of piperidine rings is 1. The second-order valence-corrected chi connectivity index (χ2v) is 9.10. The number of nitro benzene ring substituents is 1. The topological polar surface area (TPSA) is 50.3 Å². The molecule has 0 saturated carbocycles. The third-order valence-electron chi connectivity index (χ3n) is 5.03. The van der Waals surface area contributed by atoms with E-state index in [9.17, 15) is 10.1 Å². The summed E-state index contributed by atoms with van der Waals surface area (Å²) in [6.45, 7) is 2.06. The standard InChI is InChI=1S/C21H21ClN3O2S2.HI/c1-28-20-19(15-5-7-16(22)8-6-15)29-21(23-13-3-2-4-14-23)24(20)17-9-11-18(12-10-17)25(26)27;/h5-12H,2-4,13-14H2,1H3;1H/q+1;/p-1. The normalized spacial score (nSPS) is 13.7. The molecule has 30 heavy (non-hydrogen) atoms. The van der Waals surface area contributed by atoms with Crippen LogP contribution in [0.4, 0.5) is 10.8 Å². The van der Waals surface area contributed by atoms with Gasteiger partial charge in [0, 0.05) is 17.2 Å². The summed E-state index contributed by atoms with van der Waals surface area (Å²) in [5.74, 6) is 0. The molecule has 0 unspecified atom stereocenters. The van der Waals surface area contributed by atoms with Crippen molar-refractivity contribution < 1.29 is 33.5 Å². The van der Waals surface area contributed by atoms with Gasteiger partial charge in [-0.3, -0.25) is 15.0 Å². The van der Waals surface area contributed by atoms with E-state index < -0.39 is 0 Å². The number of hydrogen-bond donors (Lipinski definition) is 0. The largest absolute Gasteiger partial charge is 1.00 e. The molecule has 0 amide bonds. The van der Waals surface area contributed by atoms with Crippen LogP contribution in [0.3, 0.4) is 0 Å². The van der Waals surface area contributed by atoms with Crippen LogP contribution in [0.15, 0.2) is 53.6 Å². The van der Waals surface area contributed by atoms with E-state index in [0.29, 0.717) is 0 Å². The van der Waals surface area contributed by atoms with Gasteiger partial charge >= 0.3 is 5.13 Å². The molecule has 1 saturated heterocycles. The van der Waals surface area contributed by atoms with Gasteiger partial charge in [0.25, 0.3) is 5.69 Å². The highest BCUT2D eigenvalue weighted by Gasteiger charge is 2.31. The fraction of sp³-hybridized carbons (Fsp3) is 0.286. The molecule has 158 valence electrons. The van der Waals surface area contributed by atoms with Crippen molar-refractivity contribution in [3.63, 3.8) is 0 Å². The Morgan fingerprint density at radius 3 is 2.27 bits per heavy atom. The maximum absolute atomic E-state index is 11.1. The van der Waals surface area contributed by atoms with Gasteiger partial charge in [-0.05, 0) is 66.7 Å². The Kier molecular flexibility index (Phi) is 8.00. The van der Waals surface area contributed by atoms with Crippen molar-refractivity contribution in [1.82, 2.24) is 0 Å². The molecule has 9 heteroatoms. The molecule has 0 aliphatic carbocycles. The highest BCUT2D eigenvalue weighted by atomic mass is 127.